The van der Waals surface area contributed by atoms with Gasteiger partial charge in [0.15, 0.2) is 0 Å². The fourth-order valence-corrected chi connectivity index (χ4v) is 1.43. The number of carbonyl (C=O) groups excluding carboxylic acids is 1. The Labute approximate surface area is 94.2 Å². The van der Waals surface area contributed by atoms with Gasteiger partial charge in [0.25, 0.3) is 0 Å². The lowest BCUT2D eigenvalue weighted by Gasteiger charge is -2.24. The van der Waals surface area contributed by atoms with Crippen molar-refractivity contribution in [1.82, 2.24) is 0 Å². The van der Waals surface area contributed by atoms with Gasteiger partial charge in [-0.25, -0.2) is 4.79 Å². The quantitative estimate of drug-likeness (QED) is 0.863. The second-order valence-electron chi connectivity index (χ2n) is 4.00. The molecule has 0 aliphatic rings. The second-order valence-corrected chi connectivity index (χ2v) is 4.44. The largest absolute Gasteiger partial charge is 0.449 e. The molecule has 2 N–H and O–H groups in total. The third-order valence-corrected chi connectivity index (χ3v) is 2.42. The average Bonchev–Trinajstić information content (AvgIpc) is 2.15. The van der Waals surface area contributed by atoms with Crippen molar-refractivity contribution in [2.24, 2.45) is 5.73 Å². The summed E-state index contributed by atoms with van der Waals surface area (Å²) in [5.74, 6) is 0. The Morgan fingerprint density at radius 2 is 2.20 bits per heavy atom. The van der Waals surface area contributed by atoms with E-state index >= 15 is 0 Å². The van der Waals surface area contributed by atoms with Gasteiger partial charge < -0.3 is 10.5 Å². The van der Waals surface area contributed by atoms with E-state index in [2.05, 4.69) is 0 Å². The van der Waals surface area contributed by atoms with Gasteiger partial charge in [0.2, 0.25) is 0 Å². The van der Waals surface area contributed by atoms with E-state index < -0.39 is 6.09 Å². The van der Waals surface area contributed by atoms with E-state index in [9.17, 15) is 4.79 Å². The molecule has 1 aromatic rings. The zero-order valence-electron chi connectivity index (χ0n) is 8.79. The fraction of sp³-hybridized carbons (Fsp3) is 0.364. The monoisotopic (exact) mass is 227 g/mol. The second kappa shape index (κ2) is 4.53. The normalized spacial score (nSPS) is 11.1. The molecule has 0 saturated carbocycles. The number of rotatable bonds is 3. The maximum absolute atomic E-state index is 10.5. The van der Waals surface area contributed by atoms with Crippen LogP contribution in [-0.2, 0) is 10.2 Å². The summed E-state index contributed by atoms with van der Waals surface area (Å²) in [5.41, 5.74) is 5.64. The molecule has 0 atom stereocenters. The first kappa shape index (κ1) is 11.9. The molecule has 0 aromatic heterocycles. The summed E-state index contributed by atoms with van der Waals surface area (Å²) in [6.45, 7) is 4.16. The van der Waals surface area contributed by atoms with Gasteiger partial charge >= 0.3 is 6.09 Å². The molecule has 0 aliphatic carbocycles. The van der Waals surface area contributed by atoms with Crippen LogP contribution in [0.4, 0.5) is 4.79 Å². The van der Waals surface area contributed by atoms with Crippen LogP contribution >= 0.6 is 11.6 Å². The zero-order chi connectivity index (χ0) is 11.5. The summed E-state index contributed by atoms with van der Waals surface area (Å²) in [5, 5.41) is 0.666. The molecule has 0 spiro atoms. The van der Waals surface area contributed by atoms with Gasteiger partial charge in [-0.2, -0.15) is 0 Å². The van der Waals surface area contributed by atoms with Crippen LogP contribution in [0.3, 0.4) is 0 Å². The number of benzene rings is 1. The van der Waals surface area contributed by atoms with Crippen molar-refractivity contribution in [1.29, 1.82) is 0 Å². The summed E-state index contributed by atoms with van der Waals surface area (Å²) in [6, 6.07) is 7.46. The van der Waals surface area contributed by atoms with E-state index in [-0.39, 0.29) is 12.0 Å². The number of hydrogen-bond donors (Lipinski definition) is 1. The van der Waals surface area contributed by atoms with E-state index in [0.717, 1.165) is 5.56 Å². The lowest BCUT2D eigenvalue weighted by Crippen LogP contribution is -2.28. The minimum Gasteiger partial charge on any atom is -0.449 e. The maximum Gasteiger partial charge on any atom is 0.404 e. The number of primary amides is 1. The third kappa shape index (κ3) is 3.44. The number of nitrogens with two attached hydrogens (primary N) is 1. The number of amides is 1. The SMILES string of the molecule is CC(C)(COC(N)=O)c1cccc(Cl)c1. The Hall–Kier alpha value is -1.22. The molecule has 0 aliphatic heterocycles. The number of hydrogen-bond acceptors (Lipinski definition) is 2. The first-order valence-electron chi connectivity index (χ1n) is 4.60. The molecule has 1 amide bonds. The van der Waals surface area contributed by atoms with E-state index in [1.165, 1.54) is 0 Å². The first-order valence-corrected chi connectivity index (χ1v) is 4.98. The molecule has 4 heteroatoms. The van der Waals surface area contributed by atoms with Crippen molar-refractivity contribution >= 4 is 17.7 Å². The molecule has 0 fully saturated rings. The predicted octanol–water partition coefficient (Wildman–Crippen LogP) is 2.71. The molecule has 1 rings (SSSR count). The molecule has 0 radical (unpaired) electrons. The lowest BCUT2D eigenvalue weighted by atomic mass is 9.86. The van der Waals surface area contributed by atoms with Crippen LogP contribution in [0.25, 0.3) is 0 Å². The minimum absolute atomic E-state index is 0.239. The van der Waals surface area contributed by atoms with E-state index in [4.69, 9.17) is 22.1 Å². The van der Waals surface area contributed by atoms with Gasteiger partial charge in [-0.1, -0.05) is 37.6 Å². The third-order valence-electron chi connectivity index (χ3n) is 2.18. The molecule has 82 valence electrons. The Kier molecular flexibility index (Phi) is 3.58. The minimum atomic E-state index is -0.759. The number of halogens is 1. The van der Waals surface area contributed by atoms with Crippen molar-refractivity contribution < 1.29 is 9.53 Å². The zero-order valence-corrected chi connectivity index (χ0v) is 9.54. The van der Waals surface area contributed by atoms with Gasteiger partial charge in [0.1, 0.15) is 6.61 Å². The Morgan fingerprint density at radius 3 is 2.73 bits per heavy atom. The highest BCUT2D eigenvalue weighted by molar-refractivity contribution is 6.30. The predicted molar refractivity (Wildman–Crippen MR) is 60.0 cm³/mol. The summed E-state index contributed by atoms with van der Waals surface area (Å²) < 4.78 is 4.80. The molecular weight excluding hydrogens is 214 g/mol. The van der Waals surface area contributed by atoms with Gasteiger partial charge in [0, 0.05) is 10.4 Å². The van der Waals surface area contributed by atoms with Gasteiger partial charge in [-0.3, -0.25) is 0 Å². The highest BCUT2D eigenvalue weighted by Gasteiger charge is 2.22. The molecule has 15 heavy (non-hydrogen) atoms. The Bertz CT molecular complexity index is 363. The fourth-order valence-electron chi connectivity index (χ4n) is 1.24. The van der Waals surface area contributed by atoms with Crippen LogP contribution in [0.5, 0.6) is 0 Å². The molecular formula is C11H14ClNO2. The van der Waals surface area contributed by atoms with Crippen LogP contribution in [-0.4, -0.2) is 12.7 Å². The van der Waals surface area contributed by atoms with Crippen molar-refractivity contribution in [2.45, 2.75) is 19.3 Å². The van der Waals surface area contributed by atoms with E-state index in [1.54, 1.807) is 6.07 Å². The highest BCUT2D eigenvalue weighted by Crippen LogP contribution is 2.25. The summed E-state index contributed by atoms with van der Waals surface area (Å²) in [7, 11) is 0. The summed E-state index contributed by atoms with van der Waals surface area (Å²) in [6.07, 6.45) is -0.759. The molecule has 0 bridgehead atoms. The van der Waals surface area contributed by atoms with Gasteiger partial charge in [-0.15, -0.1) is 0 Å². The van der Waals surface area contributed by atoms with E-state index in [0.29, 0.717) is 5.02 Å². The average molecular weight is 228 g/mol. The lowest BCUT2D eigenvalue weighted by molar-refractivity contribution is 0.133. The highest BCUT2D eigenvalue weighted by atomic mass is 35.5. The number of ether oxygens (including phenoxy) is 1. The van der Waals surface area contributed by atoms with Crippen molar-refractivity contribution in [3.63, 3.8) is 0 Å². The van der Waals surface area contributed by atoms with E-state index in [1.807, 2.05) is 32.0 Å². The summed E-state index contributed by atoms with van der Waals surface area (Å²) in [4.78, 5) is 10.5. The topological polar surface area (TPSA) is 52.3 Å². The smallest absolute Gasteiger partial charge is 0.404 e. The first-order chi connectivity index (χ1) is 6.92. The summed E-state index contributed by atoms with van der Waals surface area (Å²) >= 11 is 5.88. The molecule has 0 saturated heterocycles. The Morgan fingerprint density at radius 1 is 1.53 bits per heavy atom. The van der Waals surface area contributed by atoms with Crippen LogP contribution in [0.2, 0.25) is 5.02 Å². The standard InChI is InChI=1S/C11H14ClNO2/c1-11(2,7-15-10(13)14)8-4-3-5-9(12)6-8/h3-6H,7H2,1-2H3,(H2,13,14). The van der Waals surface area contributed by atoms with Crippen molar-refractivity contribution in [2.75, 3.05) is 6.61 Å². The van der Waals surface area contributed by atoms with Crippen molar-refractivity contribution in [3.8, 4) is 0 Å². The molecule has 0 unspecified atom stereocenters. The maximum atomic E-state index is 10.5. The van der Waals surface area contributed by atoms with Crippen LogP contribution in [0, 0.1) is 0 Å². The van der Waals surface area contributed by atoms with Crippen molar-refractivity contribution in [3.05, 3.63) is 34.9 Å². The molecule has 3 nitrogen and oxygen atoms in total. The number of carbonyl (C=O) groups is 1. The van der Waals surface area contributed by atoms with Crippen LogP contribution in [0.15, 0.2) is 24.3 Å². The Balaban J connectivity index is 2.80. The molecule has 1 aromatic carbocycles. The molecule has 0 heterocycles. The van der Waals surface area contributed by atoms with Crippen LogP contribution < -0.4 is 5.73 Å². The van der Waals surface area contributed by atoms with Crippen LogP contribution in [0.1, 0.15) is 19.4 Å². The van der Waals surface area contributed by atoms with Gasteiger partial charge in [0.05, 0.1) is 0 Å². The van der Waals surface area contributed by atoms with Gasteiger partial charge in [-0.05, 0) is 17.7 Å².